The minimum atomic E-state index is -0.733. The molecule has 0 saturated carbocycles. The number of rotatable bonds is 11. The van der Waals surface area contributed by atoms with E-state index >= 15 is 0 Å². The molecule has 0 fully saturated rings. The summed E-state index contributed by atoms with van der Waals surface area (Å²) in [6.07, 6.45) is -0.434. The number of esters is 2. The van der Waals surface area contributed by atoms with Gasteiger partial charge in [0.25, 0.3) is 0 Å². The number of Topliss-reactive ketones (excluding diaryl/α,β-unsaturated/α-hetero) is 2. The Morgan fingerprint density at radius 2 is 1.19 bits per heavy atom. The van der Waals surface area contributed by atoms with Crippen molar-refractivity contribution in [2.45, 2.75) is 19.8 Å². The van der Waals surface area contributed by atoms with Gasteiger partial charge in [-0.05, 0) is 55.5 Å². The fourth-order valence-corrected chi connectivity index (χ4v) is 3.10. The Morgan fingerprint density at radius 3 is 1.78 bits per heavy atom. The second-order valence-electron chi connectivity index (χ2n) is 8.08. The van der Waals surface area contributed by atoms with Gasteiger partial charge in [0.05, 0.1) is 12.0 Å². The number of aryl methyl sites for hydroxylation is 1. The largest absolute Gasteiger partial charge is 0.457 e. The molecule has 0 aromatic heterocycles. The molecule has 8 nitrogen and oxygen atoms in total. The molecule has 0 aliphatic carbocycles. The summed E-state index contributed by atoms with van der Waals surface area (Å²) in [5, 5.41) is 2.58. The first-order valence-electron chi connectivity index (χ1n) is 11.3. The van der Waals surface area contributed by atoms with E-state index in [0.29, 0.717) is 11.3 Å². The fraction of sp³-hybridized carbons (Fsp3) is 0.179. The van der Waals surface area contributed by atoms with Crippen molar-refractivity contribution in [3.63, 3.8) is 0 Å². The first-order chi connectivity index (χ1) is 17.7. The number of anilines is 1. The van der Waals surface area contributed by atoms with Crippen LogP contribution >= 0.6 is 0 Å². The van der Waals surface area contributed by atoms with Gasteiger partial charge in [0.1, 0.15) is 5.82 Å². The summed E-state index contributed by atoms with van der Waals surface area (Å²) in [6, 6.07) is 17.6. The first-order valence-corrected chi connectivity index (χ1v) is 11.3. The zero-order chi connectivity index (χ0) is 26.8. The van der Waals surface area contributed by atoms with E-state index in [4.69, 9.17) is 9.47 Å². The summed E-state index contributed by atoms with van der Waals surface area (Å²) >= 11 is 0. The van der Waals surface area contributed by atoms with Gasteiger partial charge in [-0.25, -0.2) is 9.18 Å². The van der Waals surface area contributed by atoms with E-state index in [1.807, 2.05) is 6.92 Å². The standard InChI is InChI=1S/C28H24FNO7/c1-18-2-4-19(5-3-18)25(32)17-37-28(35)21-8-12-23(13-9-21)30-26(33)14-15-27(34)36-16-24(31)20-6-10-22(29)11-7-20/h2-13H,14-17H2,1H3,(H,30,33). The van der Waals surface area contributed by atoms with E-state index in [1.54, 1.807) is 24.3 Å². The van der Waals surface area contributed by atoms with Crippen molar-refractivity contribution in [2.75, 3.05) is 18.5 Å². The van der Waals surface area contributed by atoms with E-state index in [0.717, 1.165) is 17.7 Å². The molecule has 1 N–H and O–H groups in total. The number of ketones is 2. The van der Waals surface area contributed by atoms with Crippen molar-refractivity contribution in [1.29, 1.82) is 0 Å². The molecular formula is C28H24FNO7. The van der Waals surface area contributed by atoms with Crippen LogP contribution in [0.5, 0.6) is 0 Å². The van der Waals surface area contributed by atoms with Gasteiger partial charge in [0.2, 0.25) is 5.91 Å². The van der Waals surface area contributed by atoms with E-state index in [9.17, 15) is 28.4 Å². The van der Waals surface area contributed by atoms with Gasteiger partial charge in [0.15, 0.2) is 24.8 Å². The lowest BCUT2D eigenvalue weighted by Gasteiger charge is -2.08. The van der Waals surface area contributed by atoms with Crippen LogP contribution in [0.25, 0.3) is 0 Å². The average Bonchev–Trinajstić information content (AvgIpc) is 2.90. The lowest BCUT2D eigenvalue weighted by Crippen LogP contribution is -2.17. The summed E-state index contributed by atoms with van der Waals surface area (Å²) in [7, 11) is 0. The van der Waals surface area contributed by atoms with Gasteiger partial charge < -0.3 is 14.8 Å². The van der Waals surface area contributed by atoms with Crippen molar-refractivity contribution >= 4 is 35.1 Å². The molecule has 0 saturated heterocycles. The summed E-state index contributed by atoms with van der Waals surface area (Å²) in [6.45, 7) is 0.990. The minimum Gasteiger partial charge on any atom is -0.457 e. The SMILES string of the molecule is Cc1ccc(C(=O)COC(=O)c2ccc(NC(=O)CCC(=O)OCC(=O)c3ccc(F)cc3)cc2)cc1. The number of benzene rings is 3. The predicted molar refractivity (Wildman–Crippen MR) is 132 cm³/mol. The van der Waals surface area contributed by atoms with Crippen molar-refractivity contribution in [1.82, 2.24) is 0 Å². The number of amides is 1. The van der Waals surface area contributed by atoms with E-state index in [-0.39, 0.29) is 29.8 Å². The van der Waals surface area contributed by atoms with Crippen molar-refractivity contribution < 1.29 is 37.8 Å². The van der Waals surface area contributed by atoms with Gasteiger partial charge in [-0.15, -0.1) is 0 Å². The summed E-state index contributed by atoms with van der Waals surface area (Å²) in [5.74, 6) is -3.19. The third-order valence-electron chi connectivity index (χ3n) is 5.20. The lowest BCUT2D eigenvalue weighted by atomic mass is 10.1. The number of carbonyl (C=O) groups is 5. The van der Waals surface area contributed by atoms with Crippen LogP contribution in [0.2, 0.25) is 0 Å². The van der Waals surface area contributed by atoms with E-state index in [2.05, 4.69) is 5.32 Å². The number of hydrogen-bond acceptors (Lipinski definition) is 7. The molecule has 1 amide bonds. The highest BCUT2D eigenvalue weighted by Gasteiger charge is 2.14. The number of halogens is 1. The maximum atomic E-state index is 12.9. The number of ether oxygens (including phenoxy) is 2. The molecule has 0 aliphatic rings. The third-order valence-corrected chi connectivity index (χ3v) is 5.20. The highest BCUT2D eigenvalue weighted by molar-refractivity contribution is 6.00. The smallest absolute Gasteiger partial charge is 0.338 e. The molecule has 3 aromatic carbocycles. The Balaban J connectivity index is 1.38. The van der Waals surface area contributed by atoms with Crippen LogP contribution in [0.4, 0.5) is 10.1 Å². The molecule has 9 heteroatoms. The summed E-state index contributed by atoms with van der Waals surface area (Å²) in [4.78, 5) is 60.2. The molecule has 0 heterocycles. The van der Waals surface area contributed by atoms with E-state index in [1.165, 1.54) is 36.4 Å². The summed E-state index contributed by atoms with van der Waals surface area (Å²) in [5.41, 5.74) is 2.24. The average molecular weight is 505 g/mol. The Bertz CT molecular complexity index is 1280. The summed E-state index contributed by atoms with van der Waals surface area (Å²) < 4.78 is 22.8. The molecule has 190 valence electrons. The molecule has 0 spiro atoms. The number of hydrogen-bond donors (Lipinski definition) is 1. The molecule has 3 rings (SSSR count). The van der Waals surface area contributed by atoms with Gasteiger partial charge >= 0.3 is 11.9 Å². The number of carbonyl (C=O) groups excluding carboxylic acids is 5. The number of nitrogens with one attached hydrogen (secondary N) is 1. The Kier molecular flexibility index (Phi) is 9.37. The fourth-order valence-electron chi connectivity index (χ4n) is 3.10. The Labute approximate surface area is 212 Å². The quantitative estimate of drug-likeness (QED) is 0.305. The highest BCUT2D eigenvalue weighted by Crippen LogP contribution is 2.12. The highest BCUT2D eigenvalue weighted by atomic mass is 19.1. The van der Waals surface area contributed by atoms with Crippen molar-refractivity contribution in [3.05, 3.63) is 101 Å². The minimum absolute atomic E-state index is 0.186. The van der Waals surface area contributed by atoms with Crippen LogP contribution in [-0.4, -0.2) is 42.6 Å². The Hall–Kier alpha value is -4.66. The predicted octanol–water partition coefficient (Wildman–Crippen LogP) is 4.32. The van der Waals surface area contributed by atoms with Crippen molar-refractivity contribution in [2.24, 2.45) is 0 Å². The lowest BCUT2D eigenvalue weighted by molar-refractivity contribution is -0.143. The van der Waals surface area contributed by atoms with Crippen LogP contribution in [0, 0.1) is 12.7 Å². The van der Waals surface area contributed by atoms with Crippen LogP contribution in [0.1, 0.15) is 49.5 Å². The first kappa shape index (κ1) is 26.9. The second kappa shape index (κ2) is 12.9. The maximum absolute atomic E-state index is 12.9. The Morgan fingerprint density at radius 1 is 0.676 bits per heavy atom. The molecule has 0 bridgehead atoms. The van der Waals surface area contributed by atoms with Crippen LogP contribution in [0.15, 0.2) is 72.8 Å². The van der Waals surface area contributed by atoms with Crippen LogP contribution in [0.3, 0.4) is 0 Å². The monoisotopic (exact) mass is 505 g/mol. The zero-order valence-electron chi connectivity index (χ0n) is 20.0. The van der Waals surface area contributed by atoms with Gasteiger partial charge in [0, 0.05) is 23.2 Å². The van der Waals surface area contributed by atoms with Gasteiger partial charge in [-0.3, -0.25) is 19.2 Å². The van der Waals surface area contributed by atoms with Gasteiger partial charge in [-0.1, -0.05) is 29.8 Å². The molecular weight excluding hydrogens is 481 g/mol. The maximum Gasteiger partial charge on any atom is 0.338 e. The van der Waals surface area contributed by atoms with Crippen LogP contribution in [-0.2, 0) is 19.1 Å². The molecule has 37 heavy (non-hydrogen) atoms. The second-order valence-corrected chi connectivity index (χ2v) is 8.08. The normalized spacial score (nSPS) is 10.3. The van der Waals surface area contributed by atoms with Crippen LogP contribution < -0.4 is 5.32 Å². The van der Waals surface area contributed by atoms with E-state index < -0.39 is 42.7 Å². The van der Waals surface area contributed by atoms with Crippen molar-refractivity contribution in [3.8, 4) is 0 Å². The molecule has 0 atom stereocenters. The molecule has 0 radical (unpaired) electrons. The third kappa shape index (κ3) is 8.50. The molecule has 0 unspecified atom stereocenters. The molecule has 0 aliphatic heterocycles. The molecule has 3 aromatic rings. The van der Waals surface area contributed by atoms with Gasteiger partial charge in [-0.2, -0.15) is 0 Å². The topological polar surface area (TPSA) is 116 Å². The zero-order valence-corrected chi connectivity index (χ0v) is 20.0.